The monoisotopic (exact) mass is 178 g/mol. The van der Waals surface area contributed by atoms with E-state index in [0.29, 0.717) is 5.56 Å². The molecule has 0 radical (unpaired) electrons. The normalized spacial score (nSPS) is 12.1. The second-order valence-electron chi connectivity index (χ2n) is 2.49. The average Bonchev–Trinajstić information content (AvgIpc) is 2.16. The van der Waals surface area contributed by atoms with Crippen molar-refractivity contribution < 1.29 is 9.90 Å². The highest BCUT2D eigenvalue weighted by molar-refractivity contribution is 5.92. The van der Waals surface area contributed by atoms with Gasteiger partial charge in [-0.2, -0.15) is 0 Å². The van der Waals surface area contributed by atoms with Gasteiger partial charge in [-0.15, -0.1) is 6.58 Å². The quantitative estimate of drug-likeness (QED) is 0.658. The van der Waals surface area contributed by atoms with Crippen LogP contribution in [-0.4, -0.2) is 16.0 Å². The zero-order chi connectivity index (χ0) is 9.84. The molecular weight excluding hydrogens is 168 g/mol. The van der Waals surface area contributed by atoms with Crippen molar-refractivity contribution in [1.29, 1.82) is 0 Å². The lowest BCUT2D eigenvalue weighted by Crippen LogP contribution is -2.16. The molecule has 1 aromatic heterocycles. The lowest BCUT2D eigenvalue weighted by Gasteiger charge is -2.07. The first-order valence-electron chi connectivity index (χ1n) is 3.72. The molecule has 1 amide bonds. The lowest BCUT2D eigenvalue weighted by molar-refractivity contribution is 0.0990. The lowest BCUT2D eigenvalue weighted by atomic mass is 10.1. The van der Waals surface area contributed by atoms with E-state index in [1.54, 1.807) is 12.1 Å². The number of aliphatic hydroxyl groups excluding tert-OH is 1. The summed E-state index contributed by atoms with van der Waals surface area (Å²) in [5.41, 5.74) is 5.52. The van der Waals surface area contributed by atoms with Crippen molar-refractivity contribution in [1.82, 2.24) is 4.98 Å². The van der Waals surface area contributed by atoms with Crippen LogP contribution in [0.4, 0.5) is 0 Å². The second-order valence-corrected chi connectivity index (χ2v) is 2.49. The van der Waals surface area contributed by atoms with Gasteiger partial charge < -0.3 is 10.8 Å². The van der Waals surface area contributed by atoms with Gasteiger partial charge in [0.1, 0.15) is 5.69 Å². The third-order valence-corrected chi connectivity index (χ3v) is 1.61. The van der Waals surface area contributed by atoms with Gasteiger partial charge in [0, 0.05) is 11.8 Å². The van der Waals surface area contributed by atoms with Gasteiger partial charge >= 0.3 is 0 Å². The molecule has 3 N–H and O–H groups in total. The smallest absolute Gasteiger partial charge is 0.267 e. The predicted molar refractivity (Wildman–Crippen MR) is 47.9 cm³/mol. The number of pyridine rings is 1. The molecule has 0 saturated heterocycles. The van der Waals surface area contributed by atoms with E-state index in [9.17, 15) is 9.90 Å². The van der Waals surface area contributed by atoms with Gasteiger partial charge in [0.15, 0.2) is 0 Å². The molecule has 1 unspecified atom stereocenters. The van der Waals surface area contributed by atoms with Gasteiger partial charge in [-0.05, 0) is 6.07 Å². The second kappa shape index (κ2) is 3.82. The van der Waals surface area contributed by atoms with E-state index in [4.69, 9.17) is 5.73 Å². The minimum Gasteiger partial charge on any atom is -0.384 e. The number of aliphatic hydroxyl groups is 1. The van der Waals surface area contributed by atoms with Crippen LogP contribution < -0.4 is 5.73 Å². The Bertz CT molecular complexity index is 336. The van der Waals surface area contributed by atoms with E-state index in [0.717, 1.165) is 0 Å². The highest BCUT2D eigenvalue weighted by atomic mass is 16.3. The number of hydrogen-bond donors (Lipinski definition) is 2. The molecule has 13 heavy (non-hydrogen) atoms. The molecule has 0 spiro atoms. The highest BCUT2D eigenvalue weighted by Crippen LogP contribution is 2.15. The zero-order valence-electron chi connectivity index (χ0n) is 6.97. The Labute approximate surface area is 75.7 Å². The fraction of sp³-hybridized carbons (Fsp3) is 0.111. The Morgan fingerprint density at radius 2 is 2.46 bits per heavy atom. The van der Waals surface area contributed by atoms with Crippen molar-refractivity contribution in [2.24, 2.45) is 5.73 Å². The van der Waals surface area contributed by atoms with E-state index in [-0.39, 0.29) is 5.69 Å². The van der Waals surface area contributed by atoms with Crippen molar-refractivity contribution in [3.05, 3.63) is 42.2 Å². The first-order chi connectivity index (χ1) is 6.16. The van der Waals surface area contributed by atoms with Crippen LogP contribution in [0.2, 0.25) is 0 Å². The maximum atomic E-state index is 10.9. The van der Waals surface area contributed by atoms with Gasteiger partial charge in [0.25, 0.3) is 5.91 Å². The van der Waals surface area contributed by atoms with E-state index >= 15 is 0 Å². The van der Waals surface area contributed by atoms with E-state index < -0.39 is 12.0 Å². The number of carbonyl (C=O) groups is 1. The Morgan fingerprint density at radius 1 is 1.77 bits per heavy atom. The van der Waals surface area contributed by atoms with Gasteiger partial charge in [0.2, 0.25) is 0 Å². The van der Waals surface area contributed by atoms with Gasteiger partial charge in [-0.25, -0.2) is 0 Å². The molecule has 68 valence electrons. The molecule has 4 nitrogen and oxygen atoms in total. The van der Waals surface area contributed by atoms with Crippen LogP contribution in [0.1, 0.15) is 22.2 Å². The standard InChI is InChI=1S/C9H10N2O2/c1-2-7(12)6-4-3-5-11-8(6)9(10)13/h2-5,7,12H,1H2,(H2,10,13). The van der Waals surface area contributed by atoms with Crippen molar-refractivity contribution in [2.75, 3.05) is 0 Å². The molecule has 1 aromatic rings. The minimum atomic E-state index is -0.906. The van der Waals surface area contributed by atoms with Crippen molar-refractivity contribution in [2.45, 2.75) is 6.10 Å². The van der Waals surface area contributed by atoms with Crippen LogP contribution in [0, 0.1) is 0 Å². The number of aromatic nitrogens is 1. The van der Waals surface area contributed by atoms with Gasteiger partial charge in [-0.1, -0.05) is 12.1 Å². The van der Waals surface area contributed by atoms with E-state index in [1.165, 1.54) is 12.3 Å². The summed E-state index contributed by atoms with van der Waals surface area (Å²) in [4.78, 5) is 14.6. The van der Waals surface area contributed by atoms with Crippen molar-refractivity contribution >= 4 is 5.91 Å². The van der Waals surface area contributed by atoms with E-state index in [2.05, 4.69) is 11.6 Å². The first kappa shape index (κ1) is 9.41. The van der Waals surface area contributed by atoms with Crippen LogP contribution >= 0.6 is 0 Å². The summed E-state index contributed by atoms with van der Waals surface area (Å²) in [7, 11) is 0. The minimum absolute atomic E-state index is 0.0786. The Morgan fingerprint density at radius 3 is 3.00 bits per heavy atom. The maximum Gasteiger partial charge on any atom is 0.267 e. The molecule has 1 heterocycles. The molecule has 0 aromatic carbocycles. The SMILES string of the molecule is C=CC(O)c1cccnc1C(N)=O. The summed E-state index contributed by atoms with van der Waals surface area (Å²) in [6.45, 7) is 3.41. The van der Waals surface area contributed by atoms with E-state index in [1.807, 2.05) is 0 Å². The molecule has 0 aliphatic carbocycles. The van der Waals surface area contributed by atoms with Crippen LogP contribution in [-0.2, 0) is 0 Å². The molecule has 0 saturated carbocycles. The predicted octanol–water partition coefficient (Wildman–Crippen LogP) is 0.400. The Kier molecular flexibility index (Phi) is 2.76. The Hall–Kier alpha value is -1.68. The number of primary amides is 1. The summed E-state index contributed by atoms with van der Waals surface area (Å²) in [6.07, 6.45) is 1.85. The molecular formula is C9H10N2O2. The third kappa shape index (κ3) is 1.91. The summed E-state index contributed by atoms with van der Waals surface area (Å²) in [5, 5.41) is 9.39. The fourth-order valence-electron chi connectivity index (χ4n) is 0.989. The topological polar surface area (TPSA) is 76.2 Å². The van der Waals surface area contributed by atoms with Gasteiger partial charge in [0.05, 0.1) is 6.10 Å². The number of nitrogens with zero attached hydrogens (tertiary/aromatic N) is 1. The van der Waals surface area contributed by atoms with Crippen molar-refractivity contribution in [3.63, 3.8) is 0 Å². The van der Waals surface area contributed by atoms with Gasteiger partial charge in [-0.3, -0.25) is 9.78 Å². The summed E-state index contributed by atoms with van der Waals surface area (Å²) < 4.78 is 0. The molecule has 0 bridgehead atoms. The number of rotatable bonds is 3. The summed E-state index contributed by atoms with van der Waals surface area (Å²) >= 11 is 0. The van der Waals surface area contributed by atoms with Crippen LogP contribution in [0.15, 0.2) is 31.0 Å². The molecule has 0 aliphatic heterocycles. The molecule has 0 aliphatic rings. The van der Waals surface area contributed by atoms with Crippen molar-refractivity contribution in [3.8, 4) is 0 Å². The first-order valence-corrected chi connectivity index (χ1v) is 3.72. The molecule has 1 atom stereocenters. The largest absolute Gasteiger partial charge is 0.384 e. The van der Waals surface area contributed by atoms with Crippen LogP contribution in [0.3, 0.4) is 0 Å². The van der Waals surface area contributed by atoms with Crippen LogP contribution in [0.25, 0.3) is 0 Å². The molecule has 1 rings (SSSR count). The summed E-state index contributed by atoms with van der Waals surface area (Å²) in [5.74, 6) is -0.656. The average molecular weight is 178 g/mol. The number of carbonyl (C=O) groups excluding carboxylic acids is 1. The molecule has 0 fully saturated rings. The molecule has 4 heteroatoms. The third-order valence-electron chi connectivity index (χ3n) is 1.61. The highest BCUT2D eigenvalue weighted by Gasteiger charge is 2.13. The number of amides is 1. The zero-order valence-corrected chi connectivity index (χ0v) is 6.97. The van der Waals surface area contributed by atoms with Crippen LogP contribution in [0.5, 0.6) is 0 Å². The maximum absolute atomic E-state index is 10.9. The fourth-order valence-corrected chi connectivity index (χ4v) is 0.989. The summed E-state index contributed by atoms with van der Waals surface area (Å²) in [6, 6.07) is 3.20. The number of hydrogen-bond acceptors (Lipinski definition) is 3. The number of nitrogens with two attached hydrogens (primary N) is 1. The Balaban J connectivity index is 3.19.